The second-order valence-corrected chi connectivity index (χ2v) is 10.1. The van der Waals surface area contributed by atoms with Gasteiger partial charge >= 0.3 is 0 Å². The van der Waals surface area contributed by atoms with Crippen LogP contribution in [0, 0.1) is 13.8 Å². The van der Waals surface area contributed by atoms with E-state index in [1.54, 1.807) is 16.7 Å². The van der Waals surface area contributed by atoms with E-state index in [2.05, 4.69) is 37.4 Å². The van der Waals surface area contributed by atoms with Crippen LogP contribution in [0.3, 0.4) is 0 Å². The van der Waals surface area contributed by atoms with Gasteiger partial charge in [-0.05, 0) is 43.5 Å². The van der Waals surface area contributed by atoms with E-state index >= 15 is 0 Å². The van der Waals surface area contributed by atoms with Gasteiger partial charge in [0.05, 0.1) is 5.75 Å². The number of carbonyl (C=O) groups is 2. The van der Waals surface area contributed by atoms with Crippen LogP contribution in [0.4, 0.5) is 0 Å². The second-order valence-electron chi connectivity index (χ2n) is 8.70. The predicted octanol–water partition coefficient (Wildman–Crippen LogP) is 5.97. The molecule has 4 nitrogen and oxygen atoms in total. The van der Waals surface area contributed by atoms with Gasteiger partial charge < -0.3 is 10.2 Å². The number of benzene rings is 3. The van der Waals surface area contributed by atoms with Crippen molar-refractivity contribution in [3.63, 3.8) is 0 Å². The SMILES string of the molecule is CCNC(=O)[C@H](Cc1ccccc1)N(Cc1ccccc1Cl)C(=O)CSCc1cc(C)cc(C)c1. The molecule has 3 rings (SSSR count). The Morgan fingerprint density at radius 3 is 2.26 bits per heavy atom. The quantitative estimate of drug-likeness (QED) is 0.347. The van der Waals surface area contributed by atoms with Gasteiger partial charge in [-0.2, -0.15) is 0 Å². The molecule has 2 amide bonds. The van der Waals surface area contributed by atoms with Crippen LogP contribution in [0.15, 0.2) is 72.8 Å². The molecule has 0 saturated carbocycles. The second kappa shape index (κ2) is 13.4. The highest BCUT2D eigenvalue weighted by atomic mass is 35.5. The molecule has 184 valence electrons. The Labute approximate surface area is 218 Å². The van der Waals surface area contributed by atoms with Crippen LogP contribution in [0.25, 0.3) is 0 Å². The van der Waals surface area contributed by atoms with Crippen LogP contribution in [0.2, 0.25) is 5.02 Å². The average Bonchev–Trinajstić information content (AvgIpc) is 2.82. The molecule has 0 fully saturated rings. The lowest BCUT2D eigenvalue weighted by Crippen LogP contribution is -2.51. The van der Waals surface area contributed by atoms with Gasteiger partial charge in [0.25, 0.3) is 0 Å². The molecule has 1 atom stereocenters. The molecule has 0 aliphatic carbocycles. The van der Waals surface area contributed by atoms with Crippen molar-refractivity contribution in [2.75, 3.05) is 12.3 Å². The lowest BCUT2D eigenvalue weighted by Gasteiger charge is -2.31. The molecule has 0 radical (unpaired) electrons. The Kier molecular flexibility index (Phi) is 10.2. The third-order valence-electron chi connectivity index (χ3n) is 5.70. The number of rotatable bonds is 11. The monoisotopic (exact) mass is 508 g/mol. The van der Waals surface area contributed by atoms with Crippen molar-refractivity contribution in [3.05, 3.63) is 106 Å². The number of carbonyl (C=O) groups excluding carboxylic acids is 2. The zero-order chi connectivity index (χ0) is 25.2. The molecule has 0 bridgehead atoms. The summed E-state index contributed by atoms with van der Waals surface area (Å²) in [6.07, 6.45) is 0.435. The number of thioether (sulfide) groups is 1. The minimum Gasteiger partial charge on any atom is -0.355 e. The molecular weight excluding hydrogens is 476 g/mol. The Hall–Kier alpha value is -2.76. The number of nitrogens with one attached hydrogen (secondary N) is 1. The van der Waals surface area contributed by atoms with E-state index in [9.17, 15) is 9.59 Å². The first-order valence-corrected chi connectivity index (χ1v) is 13.4. The topological polar surface area (TPSA) is 49.4 Å². The van der Waals surface area contributed by atoms with Gasteiger partial charge in [-0.25, -0.2) is 0 Å². The van der Waals surface area contributed by atoms with Crippen LogP contribution in [0.1, 0.15) is 34.7 Å². The van der Waals surface area contributed by atoms with E-state index in [-0.39, 0.29) is 24.1 Å². The molecule has 0 aliphatic rings. The summed E-state index contributed by atoms with van der Waals surface area (Å²) in [7, 11) is 0. The number of amides is 2. The van der Waals surface area contributed by atoms with Gasteiger partial charge in [0.2, 0.25) is 11.8 Å². The van der Waals surface area contributed by atoms with Gasteiger partial charge in [-0.3, -0.25) is 9.59 Å². The molecule has 0 aromatic heterocycles. The first-order valence-electron chi connectivity index (χ1n) is 11.9. The fraction of sp³-hybridized carbons (Fsp3) is 0.310. The molecule has 6 heteroatoms. The zero-order valence-electron chi connectivity index (χ0n) is 20.6. The molecule has 0 unspecified atom stereocenters. The molecule has 0 aliphatic heterocycles. The van der Waals surface area contributed by atoms with Crippen LogP contribution in [-0.4, -0.2) is 35.1 Å². The molecule has 0 saturated heterocycles. The first kappa shape index (κ1) is 26.8. The summed E-state index contributed by atoms with van der Waals surface area (Å²) in [6, 6.07) is 23.1. The number of hydrogen-bond donors (Lipinski definition) is 1. The highest BCUT2D eigenvalue weighted by molar-refractivity contribution is 7.99. The standard InChI is InChI=1S/C29H33ClN2O2S/c1-4-31-29(34)27(17-23-10-6-5-7-11-23)32(18-25-12-8-9-13-26(25)30)28(33)20-35-19-24-15-21(2)14-22(3)16-24/h5-16,27H,4,17-20H2,1-3H3,(H,31,34)/t27-/m0/s1. The third kappa shape index (κ3) is 8.15. The molecule has 35 heavy (non-hydrogen) atoms. The van der Waals surface area contributed by atoms with E-state index in [1.807, 2.05) is 61.5 Å². The van der Waals surface area contributed by atoms with Crippen molar-refractivity contribution in [2.24, 2.45) is 0 Å². The normalized spacial score (nSPS) is 11.7. The van der Waals surface area contributed by atoms with Crippen molar-refractivity contribution in [1.29, 1.82) is 0 Å². The molecule has 3 aromatic rings. The minimum atomic E-state index is -0.636. The Balaban J connectivity index is 1.84. The van der Waals surface area contributed by atoms with Gasteiger partial charge in [0.15, 0.2) is 0 Å². The maximum Gasteiger partial charge on any atom is 0.243 e. The number of likely N-dealkylation sites (N-methyl/N-ethyl adjacent to an activating group) is 1. The zero-order valence-corrected chi connectivity index (χ0v) is 22.2. The summed E-state index contributed by atoms with van der Waals surface area (Å²) >= 11 is 8.02. The Morgan fingerprint density at radius 1 is 0.943 bits per heavy atom. The van der Waals surface area contributed by atoms with Gasteiger partial charge in [-0.15, -0.1) is 11.8 Å². The summed E-state index contributed by atoms with van der Waals surface area (Å²) in [5.41, 5.74) is 5.45. The fourth-order valence-electron chi connectivity index (χ4n) is 4.15. The van der Waals surface area contributed by atoms with E-state index in [0.29, 0.717) is 18.0 Å². The summed E-state index contributed by atoms with van der Waals surface area (Å²) in [5, 5.41) is 3.51. The van der Waals surface area contributed by atoms with Gasteiger partial charge in [0.1, 0.15) is 6.04 Å². The maximum absolute atomic E-state index is 13.6. The molecule has 3 aromatic carbocycles. The van der Waals surface area contributed by atoms with E-state index in [4.69, 9.17) is 11.6 Å². The van der Waals surface area contributed by atoms with Crippen molar-refractivity contribution in [3.8, 4) is 0 Å². The van der Waals surface area contributed by atoms with Crippen molar-refractivity contribution >= 4 is 35.2 Å². The van der Waals surface area contributed by atoms with Gasteiger partial charge in [0, 0.05) is 30.3 Å². The fourth-order valence-corrected chi connectivity index (χ4v) is 5.19. The van der Waals surface area contributed by atoms with E-state index < -0.39 is 6.04 Å². The minimum absolute atomic E-state index is 0.0773. The van der Waals surface area contributed by atoms with Crippen molar-refractivity contribution in [2.45, 2.75) is 45.5 Å². The molecular formula is C29H33ClN2O2S. The van der Waals surface area contributed by atoms with Crippen molar-refractivity contribution < 1.29 is 9.59 Å². The van der Waals surface area contributed by atoms with E-state index in [1.165, 1.54) is 16.7 Å². The first-order chi connectivity index (χ1) is 16.9. The smallest absolute Gasteiger partial charge is 0.243 e. The van der Waals surface area contributed by atoms with Gasteiger partial charge in [-0.1, -0.05) is 89.5 Å². The largest absolute Gasteiger partial charge is 0.355 e. The highest BCUT2D eigenvalue weighted by Gasteiger charge is 2.30. The number of aryl methyl sites for hydroxylation is 2. The average molecular weight is 509 g/mol. The summed E-state index contributed by atoms with van der Waals surface area (Å²) in [4.78, 5) is 28.5. The molecule has 1 N–H and O–H groups in total. The van der Waals surface area contributed by atoms with Crippen LogP contribution < -0.4 is 5.32 Å². The lowest BCUT2D eigenvalue weighted by molar-refractivity contribution is -0.139. The van der Waals surface area contributed by atoms with Crippen LogP contribution in [-0.2, 0) is 28.3 Å². The molecule has 0 heterocycles. The lowest BCUT2D eigenvalue weighted by atomic mass is 10.0. The number of halogens is 1. The number of hydrogen-bond acceptors (Lipinski definition) is 3. The van der Waals surface area contributed by atoms with E-state index in [0.717, 1.165) is 16.9 Å². The van der Waals surface area contributed by atoms with Crippen LogP contribution >= 0.6 is 23.4 Å². The number of nitrogens with zero attached hydrogens (tertiary/aromatic N) is 1. The maximum atomic E-state index is 13.6. The highest BCUT2D eigenvalue weighted by Crippen LogP contribution is 2.22. The Bertz CT molecular complexity index is 1120. The van der Waals surface area contributed by atoms with Crippen molar-refractivity contribution in [1.82, 2.24) is 10.2 Å². The predicted molar refractivity (Wildman–Crippen MR) is 147 cm³/mol. The summed E-state index contributed by atoms with van der Waals surface area (Å²) < 4.78 is 0. The Morgan fingerprint density at radius 2 is 1.60 bits per heavy atom. The molecule has 0 spiro atoms. The third-order valence-corrected chi connectivity index (χ3v) is 7.05. The summed E-state index contributed by atoms with van der Waals surface area (Å²) in [5.74, 6) is 0.781. The summed E-state index contributed by atoms with van der Waals surface area (Å²) in [6.45, 7) is 6.82. The van der Waals surface area contributed by atoms with Crippen LogP contribution in [0.5, 0.6) is 0 Å².